The van der Waals surface area contributed by atoms with Crippen LogP contribution >= 0.6 is 0 Å². The second-order valence-corrected chi connectivity index (χ2v) is 5.94. The van der Waals surface area contributed by atoms with Crippen LogP contribution in [0.5, 0.6) is 17.2 Å². The highest BCUT2D eigenvalue weighted by atomic mass is 16.7. The molecule has 0 aromatic heterocycles. The summed E-state index contributed by atoms with van der Waals surface area (Å²) in [6, 6.07) is 21.0. The second-order valence-electron chi connectivity index (χ2n) is 5.94. The number of hydrogen-bond acceptors (Lipinski definition) is 5. The lowest BCUT2D eigenvalue weighted by atomic mass is 10.1. The minimum Gasteiger partial charge on any atom is -0.489 e. The van der Waals surface area contributed by atoms with Crippen LogP contribution in [0.2, 0.25) is 0 Å². The van der Waals surface area contributed by atoms with Crippen molar-refractivity contribution in [2.24, 2.45) is 0 Å². The van der Waals surface area contributed by atoms with Crippen LogP contribution in [0, 0.1) is 0 Å². The topological polar surface area (TPSA) is 54.0 Å². The summed E-state index contributed by atoms with van der Waals surface area (Å²) in [7, 11) is 0. The third-order valence-electron chi connectivity index (χ3n) is 3.93. The predicted molar refractivity (Wildman–Crippen MR) is 108 cm³/mol. The summed E-state index contributed by atoms with van der Waals surface area (Å²) in [6.45, 7) is 5.61. The lowest BCUT2D eigenvalue weighted by molar-refractivity contribution is -0.138. The van der Waals surface area contributed by atoms with Crippen LogP contribution in [0.15, 0.2) is 79.4 Å². The molecule has 0 amide bonds. The Morgan fingerprint density at radius 1 is 0.893 bits per heavy atom. The van der Waals surface area contributed by atoms with Gasteiger partial charge < -0.3 is 18.9 Å². The highest BCUT2D eigenvalue weighted by Gasteiger charge is 2.11. The van der Waals surface area contributed by atoms with Gasteiger partial charge in [-0.2, -0.15) is 0 Å². The zero-order valence-electron chi connectivity index (χ0n) is 15.7. The Kier molecular flexibility index (Phi) is 6.52. The van der Waals surface area contributed by atoms with Gasteiger partial charge in [0.2, 0.25) is 6.29 Å². The summed E-state index contributed by atoms with van der Waals surface area (Å²) in [5.41, 5.74) is 0. The zero-order chi connectivity index (χ0) is 19.8. The molecule has 5 nitrogen and oxygen atoms in total. The minimum absolute atomic E-state index is 0.152. The van der Waals surface area contributed by atoms with E-state index < -0.39 is 12.3 Å². The molecule has 3 rings (SSSR count). The first-order valence-electron chi connectivity index (χ1n) is 8.99. The van der Waals surface area contributed by atoms with Gasteiger partial charge in [0.05, 0.1) is 0 Å². The van der Waals surface area contributed by atoms with Crippen LogP contribution in [0.4, 0.5) is 0 Å². The maximum Gasteiger partial charge on any atom is 0.330 e. The second kappa shape index (κ2) is 9.46. The fourth-order valence-corrected chi connectivity index (χ4v) is 2.73. The summed E-state index contributed by atoms with van der Waals surface area (Å²) in [6.07, 6.45) is 0.663. The van der Waals surface area contributed by atoms with Gasteiger partial charge in [0.1, 0.15) is 30.5 Å². The lowest BCUT2D eigenvalue weighted by Gasteiger charge is -2.18. The van der Waals surface area contributed by atoms with E-state index in [0.717, 1.165) is 22.6 Å². The Hall–Kier alpha value is -3.47. The van der Waals surface area contributed by atoms with Crippen molar-refractivity contribution < 1.29 is 23.7 Å². The number of ether oxygens (including phenoxy) is 4. The van der Waals surface area contributed by atoms with E-state index in [0.29, 0.717) is 11.5 Å². The number of esters is 1. The van der Waals surface area contributed by atoms with Crippen LogP contribution < -0.4 is 14.2 Å². The summed E-state index contributed by atoms with van der Waals surface area (Å²) < 4.78 is 22.5. The molecule has 0 radical (unpaired) electrons. The third kappa shape index (κ3) is 5.04. The first-order valence-corrected chi connectivity index (χ1v) is 8.99. The number of carbonyl (C=O) groups is 1. The van der Waals surface area contributed by atoms with Gasteiger partial charge in [0, 0.05) is 23.8 Å². The third-order valence-corrected chi connectivity index (χ3v) is 3.93. The largest absolute Gasteiger partial charge is 0.489 e. The van der Waals surface area contributed by atoms with Crippen molar-refractivity contribution in [1.29, 1.82) is 0 Å². The fraction of sp³-hybridized carbons (Fsp3) is 0.174. The van der Waals surface area contributed by atoms with Crippen molar-refractivity contribution in [1.82, 2.24) is 0 Å². The molecule has 5 heteroatoms. The van der Waals surface area contributed by atoms with E-state index in [1.54, 1.807) is 0 Å². The molecule has 0 aliphatic carbocycles. The van der Waals surface area contributed by atoms with Gasteiger partial charge in [-0.25, -0.2) is 4.79 Å². The predicted octanol–water partition coefficient (Wildman–Crippen LogP) is 4.75. The average molecular weight is 378 g/mol. The van der Waals surface area contributed by atoms with Crippen molar-refractivity contribution in [3.63, 3.8) is 0 Å². The molecule has 144 valence electrons. The highest BCUT2D eigenvalue weighted by molar-refractivity contribution is 5.93. The molecule has 0 heterocycles. The van der Waals surface area contributed by atoms with Crippen molar-refractivity contribution >= 4 is 16.7 Å². The Morgan fingerprint density at radius 2 is 1.57 bits per heavy atom. The Bertz CT molecular complexity index is 936. The van der Waals surface area contributed by atoms with Gasteiger partial charge in [-0.15, -0.1) is 0 Å². The van der Waals surface area contributed by atoms with Crippen molar-refractivity contribution in [2.75, 3.05) is 13.2 Å². The molecule has 3 aromatic rings. The summed E-state index contributed by atoms with van der Waals surface area (Å²) in [5.74, 6) is 1.66. The first kappa shape index (κ1) is 19.3. The molecule has 0 saturated carbocycles. The van der Waals surface area contributed by atoms with Gasteiger partial charge in [0.25, 0.3) is 0 Å². The van der Waals surface area contributed by atoms with E-state index in [-0.39, 0.29) is 13.2 Å². The number of para-hydroxylation sites is 1. The number of fused-ring (bicyclic) bond motifs is 1. The van der Waals surface area contributed by atoms with Gasteiger partial charge in [-0.05, 0) is 24.3 Å². The molecule has 3 aromatic carbocycles. The van der Waals surface area contributed by atoms with E-state index in [9.17, 15) is 4.79 Å². The van der Waals surface area contributed by atoms with Crippen LogP contribution in [-0.2, 0) is 9.53 Å². The van der Waals surface area contributed by atoms with Gasteiger partial charge in [-0.3, -0.25) is 0 Å². The zero-order valence-corrected chi connectivity index (χ0v) is 15.7. The van der Waals surface area contributed by atoms with Crippen LogP contribution in [0.3, 0.4) is 0 Å². The maximum atomic E-state index is 11.1. The minimum atomic E-state index is -0.468. The molecule has 1 atom stereocenters. The molecule has 1 unspecified atom stereocenters. The molecule has 0 aliphatic rings. The van der Waals surface area contributed by atoms with Crippen LogP contribution in [0.1, 0.15) is 6.92 Å². The number of benzene rings is 3. The molecule has 28 heavy (non-hydrogen) atoms. The molecule has 0 bridgehead atoms. The SMILES string of the molecule is C=CC(=O)OCCOc1cccc2c(OC(C)Oc3ccccc3)cccc12. The van der Waals surface area contributed by atoms with Crippen LogP contribution in [-0.4, -0.2) is 25.5 Å². The van der Waals surface area contributed by atoms with Crippen molar-refractivity contribution in [3.8, 4) is 17.2 Å². The van der Waals surface area contributed by atoms with E-state index in [1.165, 1.54) is 0 Å². The normalized spacial score (nSPS) is 11.5. The van der Waals surface area contributed by atoms with Gasteiger partial charge in [-0.1, -0.05) is 49.0 Å². The summed E-state index contributed by atoms with van der Waals surface area (Å²) in [5, 5.41) is 1.81. The van der Waals surface area contributed by atoms with E-state index in [2.05, 4.69) is 6.58 Å². The average Bonchev–Trinajstić information content (AvgIpc) is 2.72. The molecular weight excluding hydrogens is 356 g/mol. The van der Waals surface area contributed by atoms with E-state index in [1.807, 2.05) is 73.7 Å². The van der Waals surface area contributed by atoms with Crippen molar-refractivity contribution in [3.05, 3.63) is 79.4 Å². The Balaban J connectivity index is 1.70. The van der Waals surface area contributed by atoms with Crippen molar-refractivity contribution in [2.45, 2.75) is 13.2 Å². The number of rotatable bonds is 9. The molecule has 0 saturated heterocycles. The van der Waals surface area contributed by atoms with E-state index in [4.69, 9.17) is 18.9 Å². The Morgan fingerprint density at radius 3 is 2.29 bits per heavy atom. The monoisotopic (exact) mass is 378 g/mol. The lowest BCUT2D eigenvalue weighted by Crippen LogP contribution is -2.19. The fourth-order valence-electron chi connectivity index (χ4n) is 2.73. The molecular formula is C23H22O5. The summed E-state index contributed by atoms with van der Waals surface area (Å²) in [4.78, 5) is 11.1. The summed E-state index contributed by atoms with van der Waals surface area (Å²) >= 11 is 0. The van der Waals surface area contributed by atoms with Gasteiger partial charge in [0.15, 0.2) is 0 Å². The van der Waals surface area contributed by atoms with E-state index >= 15 is 0 Å². The highest BCUT2D eigenvalue weighted by Crippen LogP contribution is 2.32. The maximum absolute atomic E-state index is 11.1. The quantitative estimate of drug-likeness (QED) is 0.233. The molecule has 0 aliphatic heterocycles. The Labute approximate surface area is 164 Å². The van der Waals surface area contributed by atoms with Gasteiger partial charge >= 0.3 is 5.97 Å². The first-order chi connectivity index (χ1) is 13.7. The number of hydrogen-bond donors (Lipinski definition) is 0. The molecule has 0 spiro atoms. The smallest absolute Gasteiger partial charge is 0.330 e. The molecule has 0 fully saturated rings. The number of carbonyl (C=O) groups excluding carboxylic acids is 1. The van der Waals surface area contributed by atoms with Crippen LogP contribution in [0.25, 0.3) is 10.8 Å². The molecule has 0 N–H and O–H groups in total. The standard InChI is InChI=1S/C23H22O5/c1-3-23(24)26-16-15-25-21-13-7-12-20-19(21)11-8-14-22(20)28-17(2)27-18-9-5-4-6-10-18/h3-14,17H,1,15-16H2,2H3.